The summed E-state index contributed by atoms with van der Waals surface area (Å²) in [5.41, 5.74) is 3.17. The van der Waals surface area contributed by atoms with E-state index in [-0.39, 0.29) is 5.97 Å². The maximum atomic E-state index is 11.7. The summed E-state index contributed by atoms with van der Waals surface area (Å²) in [6, 6.07) is 5.34. The zero-order valence-corrected chi connectivity index (χ0v) is 15.3. The van der Waals surface area contributed by atoms with Crippen LogP contribution in [0.25, 0.3) is 6.08 Å². The van der Waals surface area contributed by atoms with E-state index in [0.717, 1.165) is 16.8 Å². The van der Waals surface area contributed by atoms with Crippen LogP contribution in [0.1, 0.15) is 30.7 Å². The predicted octanol–water partition coefficient (Wildman–Crippen LogP) is 4.45. The van der Waals surface area contributed by atoms with Crippen LogP contribution in [0.4, 0.5) is 0 Å². The first kappa shape index (κ1) is 18.1. The Hall–Kier alpha value is -2.27. The quantitative estimate of drug-likeness (QED) is 0.591. The lowest BCUT2D eigenvalue weighted by Gasteiger charge is -2.10. The Morgan fingerprint density at radius 2 is 2.08 bits per heavy atom. The van der Waals surface area contributed by atoms with Crippen LogP contribution >= 0.6 is 11.6 Å². The molecule has 1 heterocycles. The molecule has 0 saturated heterocycles. The number of carbonyl (C=O) groups is 1. The zero-order chi connectivity index (χ0) is 17.9. The van der Waals surface area contributed by atoms with Gasteiger partial charge in [0, 0.05) is 18.2 Å². The van der Waals surface area contributed by atoms with Gasteiger partial charge in [0.1, 0.15) is 5.75 Å². The van der Waals surface area contributed by atoms with Crippen molar-refractivity contribution in [2.24, 2.45) is 7.05 Å². The summed E-state index contributed by atoms with van der Waals surface area (Å²) < 4.78 is 12.6. The Kier molecular flexibility index (Phi) is 5.67. The van der Waals surface area contributed by atoms with Crippen molar-refractivity contribution in [1.29, 1.82) is 0 Å². The molecule has 0 amide bonds. The van der Waals surface area contributed by atoms with Crippen LogP contribution in [0.3, 0.4) is 0 Å². The summed E-state index contributed by atoms with van der Waals surface area (Å²) in [7, 11) is 1.82. The number of aromatic nitrogens is 2. The molecule has 24 heavy (non-hydrogen) atoms. The molecule has 2 aromatic rings. The van der Waals surface area contributed by atoms with Gasteiger partial charge in [-0.2, -0.15) is 5.10 Å². The number of halogens is 1. The lowest BCUT2D eigenvalue weighted by Crippen LogP contribution is -2.04. The lowest BCUT2D eigenvalue weighted by molar-refractivity contribution is -0.138. The molecular formula is C18H21ClN2O3. The SMILES string of the molecule is CCOC(=O)C(C)=Cc1ccc(Cl)c(Oc2c(C)c(C)nn2C)c1. The molecule has 2 rings (SSSR count). The van der Waals surface area contributed by atoms with E-state index >= 15 is 0 Å². The van der Waals surface area contributed by atoms with Crippen LogP contribution in [0.2, 0.25) is 5.02 Å². The minimum Gasteiger partial charge on any atom is -0.463 e. The fourth-order valence-electron chi connectivity index (χ4n) is 2.23. The molecule has 0 spiro atoms. The van der Waals surface area contributed by atoms with E-state index in [1.54, 1.807) is 36.7 Å². The average Bonchev–Trinajstić information content (AvgIpc) is 2.77. The minimum absolute atomic E-state index is 0.340. The van der Waals surface area contributed by atoms with E-state index in [4.69, 9.17) is 21.1 Å². The average molecular weight is 349 g/mol. The number of hydrogen-bond donors (Lipinski definition) is 0. The summed E-state index contributed by atoms with van der Waals surface area (Å²) in [6.45, 7) is 7.70. The van der Waals surface area contributed by atoms with Gasteiger partial charge in [0.05, 0.1) is 17.3 Å². The highest BCUT2D eigenvalue weighted by Gasteiger charge is 2.13. The smallest absolute Gasteiger partial charge is 0.333 e. The monoisotopic (exact) mass is 348 g/mol. The third kappa shape index (κ3) is 3.97. The van der Waals surface area contributed by atoms with Crippen molar-refractivity contribution in [1.82, 2.24) is 9.78 Å². The van der Waals surface area contributed by atoms with E-state index in [1.165, 1.54) is 0 Å². The molecule has 0 saturated carbocycles. The molecule has 128 valence electrons. The fraction of sp³-hybridized carbons (Fsp3) is 0.333. The Bertz CT molecular complexity index is 794. The first-order chi connectivity index (χ1) is 11.3. The second-order valence-corrected chi connectivity index (χ2v) is 5.89. The largest absolute Gasteiger partial charge is 0.463 e. The lowest BCUT2D eigenvalue weighted by atomic mass is 10.1. The van der Waals surface area contributed by atoms with Crippen molar-refractivity contribution in [3.8, 4) is 11.6 Å². The van der Waals surface area contributed by atoms with Gasteiger partial charge in [-0.25, -0.2) is 9.48 Å². The summed E-state index contributed by atoms with van der Waals surface area (Å²) in [6.07, 6.45) is 1.74. The van der Waals surface area contributed by atoms with Gasteiger partial charge in [-0.15, -0.1) is 0 Å². The van der Waals surface area contributed by atoms with Crippen molar-refractivity contribution in [3.63, 3.8) is 0 Å². The van der Waals surface area contributed by atoms with E-state index in [9.17, 15) is 4.79 Å². The molecular weight excluding hydrogens is 328 g/mol. The predicted molar refractivity (Wildman–Crippen MR) is 94.5 cm³/mol. The number of nitrogens with zero attached hydrogens (tertiary/aromatic N) is 2. The van der Waals surface area contributed by atoms with Crippen molar-refractivity contribution in [2.45, 2.75) is 27.7 Å². The van der Waals surface area contributed by atoms with Crippen molar-refractivity contribution < 1.29 is 14.3 Å². The van der Waals surface area contributed by atoms with Crippen molar-refractivity contribution >= 4 is 23.6 Å². The molecule has 0 atom stereocenters. The van der Waals surface area contributed by atoms with E-state index in [2.05, 4.69) is 5.10 Å². The van der Waals surface area contributed by atoms with Crippen LogP contribution in [-0.2, 0) is 16.6 Å². The van der Waals surface area contributed by atoms with E-state index in [0.29, 0.717) is 28.8 Å². The number of carbonyl (C=O) groups excluding carboxylic acids is 1. The molecule has 6 heteroatoms. The van der Waals surface area contributed by atoms with Gasteiger partial charge < -0.3 is 9.47 Å². The fourth-order valence-corrected chi connectivity index (χ4v) is 2.39. The van der Waals surface area contributed by atoms with Gasteiger partial charge in [-0.05, 0) is 51.5 Å². The molecule has 1 aromatic carbocycles. The molecule has 0 aliphatic rings. The number of esters is 1. The van der Waals surface area contributed by atoms with Crippen LogP contribution in [-0.4, -0.2) is 22.4 Å². The second-order valence-electron chi connectivity index (χ2n) is 5.48. The molecule has 0 bridgehead atoms. The third-order valence-electron chi connectivity index (χ3n) is 3.60. The molecule has 0 unspecified atom stereocenters. The van der Waals surface area contributed by atoms with E-state index < -0.39 is 0 Å². The Morgan fingerprint density at radius 1 is 1.38 bits per heavy atom. The number of ether oxygens (including phenoxy) is 2. The summed E-state index contributed by atoms with van der Waals surface area (Å²) in [4.78, 5) is 11.7. The first-order valence-electron chi connectivity index (χ1n) is 7.66. The summed E-state index contributed by atoms with van der Waals surface area (Å²) >= 11 is 6.24. The zero-order valence-electron chi connectivity index (χ0n) is 14.5. The van der Waals surface area contributed by atoms with Gasteiger partial charge in [0.25, 0.3) is 0 Å². The maximum Gasteiger partial charge on any atom is 0.333 e. The highest BCUT2D eigenvalue weighted by molar-refractivity contribution is 6.32. The van der Waals surface area contributed by atoms with Crippen LogP contribution in [0, 0.1) is 13.8 Å². The Balaban J connectivity index is 2.32. The minimum atomic E-state index is -0.340. The summed E-state index contributed by atoms with van der Waals surface area (Å²) in [5, 5.41) is 4.81. The van der Waals surface area contributed by atoms with E-state index in [1.807, 2.05) is 27.0 Å². The van der Waals surface area contributed by atoms with Crippen LogP contribution in [0.15, 0.2) is 23.8 Å². The van der Waals surface area contributed by atoms with Gasteiger partial charge in [0.15, 0.2) is 0 Å². The Morgan fingerprint density at radius 3 is 2.67 bits per heavy atom. The molecule has 0 fully saturated rings. The second kappa shape index (κ2) is 7.53. The van der Waals surface area contributed by atoms with Crippen molar-refractivity contribution in [3.05, 3.63) is 45.6 Å². The third-order valence-corrected chi connectivity index (χ3v) is 3.91. The number of rotatable bonds is 5. The van der Waals surface area contributed by atoms with Crippen molar-refractivity contribution in [2.75, 3.05) is 6.61 Å². The molecule has 0 N–H and O–H groups in total. The topological polar surface area (TPSA) is 53.4 Å². The van der Waals surface area contributed by atoms with Crippen LogP contribution < -0.4 is 4.74 Å². The highest BCUT2D eigenvalue weighted by atomic mass is 35.5. The van der Waals surface area contributed by atoms with Crippen LogP contribution in [0.5, 0.6) is 11.6 Å². The molecule has 0 aliphatic heterocycles. The van der Waals surface area contributed by atoms with Gasteiger partial charge in [0.2, 0.25) is 5.88 Å². The molecule has 0 radical (unpaired) electrons. The van der Waals surface area contributed by atoms with Gasteiger partial charge in [-0.1, -0.05) is 17.7 Å². The molecule has 0 aliphatic carbocycles. The number of hydrogen-bond acceptors (Lipinski definition) is 4. The number of aryl methyl sites for hydroxylation is 2. The first-order valence-corrected chi connectivity index (χ1v) is 8.04. The summed E-state index contributed by atoms with van der Waals surface area (Å²) in [5.74, 6) is 0.804. The van der Waals surface area contributed by atoms with Gasteiger partial charge >= 0.3 is 5.97 Å². The van der Waals surface area contributed by atoms with Gasteiger partial charge in [-0.3, -0.25) is 0 Å². The molecule has 5 nitrogen and oxygen atoms in total. The molecule has 1 aromatic heterocycles. The maximum absolute atomic E-state index is 11.7. The standard InChI is InChI=1S/C18H21ClN2O3/c1-6-23-18(22)11(2)9-14-7-8-15(19)16(10-14)24-17-12(3)13(4)20-21(17)5/h7-10H,6H2,1-5H3. The number of benzene rings is 1. The Labute approximate surface area is 146 Å². The highest BCUT2D eigenvalue weighted by Crippen LogP contribution is 2.33. The normalized spacial score (nSPS) is 11.5.